The summed E-state index contributed by atoms with van der Waals surface area (Å²) in [7, 11) is 0. The summed E-state index contributed by atoms with van der Waals surface area (Å²) in [5, 5.41) is 11.9. The van der Waals surface area contributed by atoms with E-state index < -0.39 is 5.60 Å². The van der Waals surface area contributed by atoms with E-state index in [0.29, 0.717) is 0 Å². The summed E-state index contributed by atoms with van der Waals surface area (Å²) in [5.41, 5.74) is 1.41. The van der Waals surface area contributed by atoms with Gasteiger partial charge in [0.05, 0.1) is 12.6 Å². The van der Waals surface area contributed by atoms with E-state index in [-0.39, 0.29) is 24.8 Å². The summed E-state index contributed by atoms with van der Waals surface area (Å²) in [4.78, 5) is 14.6. The van der Waals surface area contributed by atoms with Gasteiger partial charge in [-0.15, -0.1) is 0 Å². The van der Waals surface area contributed by atoms with Gasteiger partial charge < -0.3 is 9.84 Å². The summed E-state index contributed by atoms with van der Waals surface area (Å²) >= 11 is 0. The van der Waals surface area contributed by atoms with Crippen LogP contribution >= 0.6 is 0 Å². The zero-order valence-corrected chi connectivity index (χ0v) is 15.5. The van der Waals surface area contributed by atoms with Crippen LogP contribution in [0, 0.1) is 0 Å². The quantitative estimate of drug-likeness (QED) is 0.869. The third-order valence-electron chi connectivity index (χ3n) is 4.58. The van der Waals surface area contributed by atoms with Crippen LogP contribution < -0.4 is 0 Å². The Kier molecular flexibility index (Phi) is 4.74. The highest BCUT2D eigenvalue weighted by Gasteiger charge is 2.38. The zero-order chi connectivity index (χ0) is 18.2. The number of rotatable bonds is 4. The highest BCUT2D eigenvalue weighted by molar-refractivity contribution is 5.86. The van der Waals surface area contributed by atoms with E-state index in [1.807, 2.05) is 62.9 Å². The van der Waals surface area contributed by atoms with Crippen LogP contribution in [0.2, 0.25) is 0 Å². The molecule has 4 heteroatoms. The molecule has 1 saturated carbocycles. The fourth-order valence-corrected chi connectivity index (χ4v) is 3.24. The van der Waals surface area contributed by atoms with Gasteiger partial charge in [-0.25, -0.2) is 4.79 Å². The van der Waals surface area contributed by atoms with Crippen molar-refractivity contribution in [1.29, 1.82) is 0 Å². The molecule has 0 bridgehead atoms. The molecule has 0 spiro atoms. The third kappa shape index (κ3) is 3.96. The van der Waals surface area contributed by atoms with E-state index in [0.717, 1.165) is 34.7 Å². The van der Waals surface area contributed by atoms with E-state index in [1.165, 1.54) is 0 Å². The number of nitrogens with zero attached hydrogens (tertiary/aromatic N) is 1. The number of hydrogen-bond donors (Lipinski definition) is 1. The molecule has 1 aliphatic carbocycles. The maximum absolute atomic E-state index is 12.7. The lowest BCUT2D eigenvalue weighted by molar-refractivity contribution is 0.0153. The van der Waals surface area contributed by atoms with Crippen molar-refractivity contribution in [2.24, 2.45) is 0 Å². The molecule has 0 saturated heterocycles. The van der Waals surface area contributed by atoms with Crippen LogP contribution in [0.15, 0.2) is 36.4 Å². The maximum Gasteiger partial charge on any atom is 0.411 e. The van der Waals surface area contributed by atoms with Gasteiger partial charge >= 0.3 is 6.09 Å². The molecule has 1 N–H and O–H groups in total. The number of aliphatic hydroxyl groups excluding tert-OH is 1. The Labute approximate surface area is 149 Å². The standard InChI is InChI=1S/C21H27NO3/c1-14(22(18-9-10-18)20(24)25-21(2,3)4)16-11-15-7-5-6-8-19(15)17(12-16)13-23/h5-8,11-12,14,18,23H,9-10,13H2,1-4H3. The van der Waals surface area contributed by atoms with Gasteiger partial charge in [0.2, 0.25) is 0 Å². The smallest absolute Gasteiger partial charge is 0.411 e. The van der Waals surface area contributed by atoms with Crippen molar-refractivity contribution in [1.82, 2.24) is 4.90 Å². The molecule has 134 valence electrons. The van der Waals surface area contributed by atoms with E-state index in [2.05, 4.69) is 6.07 Å². The average Bonchev–Trinajstić information content (AvgIpc) is 3.36. The first kappa shape index (κ1) is 17.7. The van der Waals surface area contributed by atoms with Crippen LogP contribution in [-0.4, -0.2) is 27.7 Å². The number of benzene rings is 2. The summed E-state index contributed by atoms with van der Waals surface area (Å²) in [6.45, 7) is 7.69. The van der Waals surface area contributed by atoms with Gasteiger partial charge in [-0.05, 0) is 68.5 Å². The Morgan fingerprint density at radius 2 is 1.96 bits per heavy atom. The topological polar surface area (TPSA) is 49.8 Å². The molecular formula is C21H27NO3. The van der Waals surface area contributed by atoms with Gasteiger partial charge in [0.25, 0.3) is 0 Å². The number of fused-ring (bicyclic) bond motifs is 1. The first-order valence-corrected chi connectivity index (χ1v) is 8.94. The lowest BCUT2D eigenvalue weighted by Crippen LogP contribution is -2.39. The first-order valence-electron chi connectivity index (χ1n) is 8.94. The van der Waals surface area contributed by atoms with Gasteiger partial charge in [-0.3, -0.25) is 4.90 Å². The number of aliphatic hydroxyl groups is 1. The van der Waals surface area contributed by atoms with Gasteiger partial charge in [0, 0.05) is 6.04 Å². The molecule has 1 amide bonds. The molecular weight excluding hydrogens is 314 g/mol. The Hall–Kier alpha value is -2.07. The van der Waals surface area contributed by atoms with Gasteiger partial charge in [-0.2, -0.15) is 0 Å². The van der Waals surface area contributed by atoms with E-state index in [4.69, 9.17) is 4.74 Å². The number of amides is 1. The van der Waals surface area contributed by atoms with Crippen LogP contribution in [0.1, 0.15) is 57.7 Å². The largest absolute Gasteiger partial charge is 0.444 e. The van der Waals surface area contributed by atoms with Gasteiger partial charge in [0.15, 0.2) is 0 Å². The lowest BCUT2D eigenvalue weighted by atomic mass is 9.97. The normalized spacial score (nSPS) is 15.9. The molecule has 3 rings (SSSR count). The molecule has 1 fully saturated rings. The Morgan fingerprint density at radius 1 is 1.28 bits per heavy atom. The number of carbonyl (C=O) groups excluding carboxylic acids is 1. The van der Waals surface area contributed by atoms with Crippen molar-refractivity contribution in [3.8, 4) is 0 Å². The molecule has 0 aromatic heterocycles. The molecule has 0 heterocycles. The summed E-state index contributed by atoms with van der Waals surface area (Å²) < 4.78 is 5.63. The number of carbonyl (C=O) groups is 1. The molecule has 0 radical (unpaired) electrons. The summed E-state index contributed by atoms with van der Waals surface area (Å²) in [6, 6.07) is 12.3. The van der Waals surface area contributed by atoms with Gasteiger partial charge in [-0.1, -0.05) is 30.3 Å². The Bertz CT molecular complexity index is 774. The first-order chi connectivity index (χ1) is 11.8. The fraction of sp³-hybridized carbons (Fsp3) is 0.476. The Balaban J connectivity index is 1.96. The molecule has 1 atom stereocenters. The van der Waals surface area contributed by atoms with Crippen molar-refractivity contribution in [3.05, 3.63) is 47.5 Å². The van der Waals surface area contributed by atoms with E-state index >= 15 is 0 Å². The van der Waals surface area contributed by atoms with Crippen molar-refractivity contribution >= 4 is 16.9 Å². The van der Waals surface area contributed by atoms with Crippen LogP contribution in [0.3, 0.4) is 0 Å². The summed E-state index contributed by atoms with van der Waals surface area (Å²) in [5.74, 6) is 0. The average molecular weight is 341 g/mol. The zero-order valence-electron chi connectivity index (χ0n) is 15.5. The highest BCUT2D eigenvalue weighted by Crippen LogP contribution is 2.37. The second-order valence-electron chi connectivity index (χ2n) is 7.85. The molecule has 1 aliphatic rings. The molecule has 4 nitrogen and oxygen atoms in total. The van der Waals surface area contributed by atoms with Gasteiger partial charge in [0.1, 0.15) is 5.60 Å². The second-order valence-corrected chi connectivity index (χ2v) is 7.85. The molecule has 2 aromatic rings. The Morgan fingerprint density at radius 3 is 2.56 bits per heavy atom. The van der Waals surface area contributed by atoms with Crippen LogP contribution in [-0.2, 0) is 11.3 Å². The summed E-state index contributed by atoms with van der Waals surface area (Å²) in [6.07, 6.45) is 1.77. The van der Waals surface area contributed by atoms with E-state index in [9.17, 15) is 9.90 Å². The fourth-order valence-electron chi connectivity index (χ4n) is 3.24. The number of ether oxygens (including phenoxy) is 1. The molecule has 1 unspecified atom stereocenters. The third-order valence-corrected chi connectivity index (χ3v) is 4.58. The molecule has 0 aliphatic heterocycles. The minimum Gasteiger partial charge on any atom is -0.444 e. The highest BCUT2D eigenvalue weighted by atomic mass is 16.6. The van der Waals surface area contributed by atoms with E-state index in [1.54, 1.807) is 0 Å². The van der Waals surface area contributed by atoms with Crippen LogP contribution in [0.5, 0.6) is 0 Å². The molecule has 25 heavy (non-hydrogen) atoms. The second kappa shape index (κ2) is 6.68. The molecule has 2 aromatic carbocycles. The SMILES string of the molecule is CC(c1cc(CO)c2ccccc2c1)N(C(=O)OC(C)(C)C)C1CC1. The maximum atomic E-state index is 12.7. The van der Waals surface area contributed by atoms with Crippen LogP contribution in [0.4, 0.5) is 4.79 Å². The van der Waals surface area contributed by atoms with Crippen molar-refractivity contribution in [2.45, 2.75) is 64.8 Å². The van der Waals surface area contributed by atoms with Crippen molar-refractivity contribution < 1.29 is 14.6 Å². The minimum absolute atomic E-state index is 0.0169. The number of hydrogen-bond acceptors (Lipinski definition) is 3. The predicted octanol–water partition coefficient (Wildman–Crippen LogP) is 4.79. The monoisotopic (exact) mass is 341 g/mol. The van der Waals surface area contributed by atoms with Crippen LogP contribution in [0.25, 0.3) is 10.8 Å². The predicted molar refractivity (Wildman–Crippen MR) is 99.4 cm³/mol. The lowest BCUT2D eigenvalue weighted by Gasteiger charge is -2.32. The minimum atomic E-state index is -0.510. The van der Waals surface area contributed by atoms with Crippen molar-refractivity contribution in [2.75, 3.05) is 0 Å². The van der Waals surface area contributed by atoms with Crippen molar-refractivity contribution in [3.63, 3.8) is 0 Å².